The largest absolute Gasteiger partial charge is 0.348 e. The summed E-state index contributed by atoms with van der Waals surface area (Å²) >= 11 is 1.37. The monoisotopic (exact) mass is 514 g/mol. The Morgan fingerprint density at radius 3 is 2.32 bits per heavy atom. The van der Waals surface area contributed by atoms with Crippen LogP contribution in [0.2, 0.25) is 0 Å². The van der Waals surface area contributed by atoms with Crippen molar-refractivity contribution in [3.8, 4) is 11.4 Å². The van der Waals surface area contributed by atoms with Crippen LogP contribution in [0.25, 0.3) is 11.4 Å². The molecule has 0 spiro atoms. The Bertz CT molecular complexity index is 1310. The Hall–Kier alpha value is -3.46. The topological polar surface area (TPSA) is 78.3 Å². The molecule has 8 heteroatoms. The van der Waals surface area contributed by atoms with E-state index in [1.54, 1.807) is 0 Å². The van der Waals surface area contributed by atoms with E-state index in [-0.39, 0.29) is 23.8 Å². The van der Waals surface area contributed by atoms with Crippen LogP contribution in [0.1, 0.15) is 31.1 Å². The molecule has 0 aliphatic carbocycles. The summed E-state index contributed by atoms with van der Waals surface area (Å²) < 4.78 is 14.1. The Morgan fingerprint density at radius 1 is 0.973 bits per heavy atom. The van der Waals surface area contributed by atoms with Crippen molar-refractivity contribution in [2.45, 2.75) is 43.5 Å². The summed E-state index contributed by atoms with van der Waals surface area (Å²) in [5.41, 5.74) is 3.12. The highest BCUT2D eigenvalue weighted by Gasteiger charge is 2.38. The average molecular weight is 515 g/mol. The first kappa shape index (κ1) is 25.2. The molecule has 37 heavy (non-hydrogen) atoms. The van der Waals surface area contributed by atoms with Crippen molar-refractivity contribution in [2.24, 2.45) is 0 Å². The maximum absolute atomic E-state index is 13.1. The number of amides is 1. The number of nitrogens with one attached hydrogen (secondary N) is 1. The van der Waals surface area contributed by atoms with E-state index in [1.165, 1.54) is 11.8 Å². The summed E-state index contributed by atoms with van der Waals surface area (Å²) in [5.74, 6) is 0.132. The summed E-state index contributed by atoms with van der Waals surface area (Å²) in [4.78, 5) is 13.1. The van der Waals surface area contributed by atoms with Crippen LogP contribution in [0.5, 0.6) is 0 Å². The van der Waals surface area contributed by atoms with E-state index in [0.717, 1.165) is 22.5 Å². The lowest BCUT2D eigenvalue weighted by molar-refractivity contribution is -0.284. The molecule has 1 N–H and O–H groups in total. The van der Waals surface area contributed by atoms with Gasteiger partial charge in [-0.3, -0.25) is 9.36 Å². The number of thioether (sulfide) groups is 1. The van der Waals surface area contributed by atoms with E-state index in [4.69, 9.17) is 9.47 Å². The molecule has 1 aromatic heterocycles. The molecule has 2 heterocycles. The molecule has 1 aliphatic rings. The van der Waals surface area contributed by atoms with E-state index in [1.807, 2.05) is 92.7 Å². The van der Waals surface area contributed by atoms with Gasteiger partial charge in [-0.15, -0.1) is 10.2 Å². The molecule has 0 bridgehead atoms. The number of aromatic nitrogens is 3. The predicted octanol–water partition coefficient (Wildman–Crippen LogP) is 5.09. The van der Waals surface area contributed by atoms with Gasteiger partial charge in [-0.05, 0) is 25.0 Å². The second kappa shape index (κ2) is 11.3. The van der Waals surface area contributed by atoms with Crippen LogP contribution in [-0.2, 0) is 20.8 Å². The van der Waals surface area contributed by atoms with Crippen molar-refractivity contribution in [3.63, 3.8) is 0 Å². The molecule has 0 saturated carbocycles. The fourth-order valence-corrected chi connectivity index (χ4v) is 5.09. The first-order chi connectivity index (χ1) is 18.0. The van der Waals surface area contributed by atoms with E-state index >= 15 is 0 Å². The average Bonchev–Trinajstić information content (AvgIpc) is 3.32. The minimum atomic E-state index is -0.724. The number of ether oxygens (including phenoxy) is 2. The molecule has 190 valence electrons. The minimum absolute atomic E-state index is 0.113. The van der Waals surface area contributed by atoms with Gasteiger partial charge >= 0.3 is 0 Å². The summed E-state index contributed by atoms with van der Waals surface area (Å²) in [6, 6.07) is 29.8. The molecule has 7 nitrogen and oxygen atoms in total. The third-order valence-corrected chi connectivity index (χ3v) is 7.09. The van der Waals surface area contributed by atoms with Gasteiger partial charge in [0.15, 0.2) is 16.8 Å². The van der Waals surface area contributed by atoms with Gasteiger partial charge < -0.3 is 14.8 Å². The molecule has 4 aromatic rings. The van der Waals surface area contributed by atoms with Crippen LogP contribution >= 0.6 is 11.8 Å². The molecular formula is C29H30N4O3S. The smallest absolute Gasteiger partial charge is 0.230 e. The summed E-state index contributed by atoms with van der Waals surface area (Å²) in [7, 11) is 0. The molecule has 2 unspecified atom stereocenters. The van der Waals surface area contributed by atoms with Crippen molar-refractivity contribution in [2.75, 3.05) is 12.4 Å². The van der Waals surface area contributed by atoms with Crippen LogP contribution in [0, 0.1) is 0 Å². The first-order valence-electron chi connectivity index (χ1n) is 12.3. The number of carbonyl (C=O) groups is 1. The third kappa shape index (κ3) is 6.28. The molecule has 1 saturated heterocycles. The normalized spacial score (nSPS) is 18.9. The second-order valence-corrected chi connectivity index (χ2v) is 10.3. The number of nitrogens with zero attached hydrogens (tertiary/aromatic N) is 3. The molecule has 3 aromatic carbocycles. The molecule has 1 fully saturated rings. The van der Waals surface area contributed by atoms with Gasteiger partial charge in [0.25, 0.3) is 0 Å². The highest BCUT2D eigenvalue weighted by molar-refractivity contribution is 7.99. The zero-order valence-corrected chi connectivity index (χ0v) is 21.7. The molecule has 5 rings (SSSR count). The maximum atomic E-state index is 13.1. The van der Waals surface area contributed by atoms with Gasteiger partial charge in [-0.1, -0.05) is 103 Å². The molecule has 2 atom stereocenters. The highest BCUT2D eigenvalue weighted by atomic mass is 32.2. The van der Waals surface area contributed by atoms with E-state index < -0.39 is 5.79 Å². The molecule has 1 aliphatic heterocycles. The van der Waals surface area contributed by atoms with Gasteiger partial charge in [0.1, 0.15) is 6.10 Å². The number of hydrogen-bond donors (Lipinski definition) is 1. The Kier molecular flexibility index (Phi) is 7.69. The van der Waals surface area contributed by atoms with Crippen LogP contribution in [-0.4, -0.2) is 44.9 Å². The molecule has 0 radical (unpaired) electrons. The van der Waals surface area contributed by atoms with Crippen LogP contribution in [0.4, 0.5) is 0 Å². The first-order valence-corrected chi connectivity index (χ1v) is 13.3. The zero-order chi connectivity index (χ0) is 25.7. The number of carbonyl (C=O) groups excluding carboxylic acids is 1. The third-order valence-electron chi connectivity index (χ3n) is 6.13. The lowest BCUT2D eigenvalue weighted by Gasteiger charge is -2.41. The minimum Gasteiger partial charge on any atom is -0.348 e. The van der Waals surface area contributed by atoms with Crippen molar-refractivity contribution < 1.29 is 14.3 Å². The van der Waals surface area contributed by atoms with Gasteiger partial charge in [-0.2, -0.15) is 0 Å². The van der Waals surface area contributed by atoms with E-state index in [9.17, 15) is 4.79 Å². The van der Waals surface area contributed by atoms with Crippen molar-refractivity contribution >= 4 is 17.7 Å². The summed E-state index contributed by atoms with van der Waals surface area (Å²) in [5, 5.41) is 12.7. The lowest BCUT2D eigenvalue weighted by Crippen LogP contribution is -2.52. The summed E-state index contributed by atoms with van der Waals surface area (Å²) in [6.45, 7) is 4.75. The predicted molar refractivity (Wildman–Crippen MR) is 144 cm³/mol. The van der Waals surface area contributed by atoms with Crippen LogP contribution < -0.4 is 5.32 Å². The van der Waals surface area contributed by atoms with Crippen molar-refractivity contribution in [1.82, 2.24) is 20.1 Å². The maximum Gasteiger partial charge on any atom is 0.230 e. The lowest BCUT2D eigenvalue weighted by atomic mass is 10.0. The van der Waals surface area contributed by atoms with Crippen molar-refractivity contribution in [3.05, 3.63) is 102 Å². The highest BCUT2D eigenvalue weighted by Crippen LogP contribution is 2.33. The SMILES string of the molecule is CC1(C)OCC(NC(=O)CSc2nnc(-c3ccccc3)n2Cc2ccccc2)C(c2ccccc2)O1. The standard InChI is InChI=1S/C29H30N4O3S/c1-29(2)35-19-24(26(36-29)22-14-8-4-9-15-22)30-25(34)20-37-28-32-31-27(23-16-10-5-11-17-23)33(28)18-21-12-6-3-7-13-21/h3-17,24,26H,18-20H2,1-2H3,(H,30,34). The Labute approximate surface area is 221 Å². The van der Waals surface area contributed by atoms with E-state index in [0.29, 0.717) is 18.3 Å². The van der Waals surface area contributed by atoms with Crippen LogP contribution in [0.15, 0.2) is 96.2 Å². The molecular weight excluding hydrogens is 484 g/mol. The second-order valence-electron chi connectivity index (χ2n) is 9.37. The van der Waals surface area contributed by atoms with Gasteiger partial charge in [0.05, 0.1) is 24.9 Å². The quantitative estimate of drug-likeness (QED) is 0.330. The fourth-order valence-electron chi connectivity index (χ4n) is 4.34. The number of benzene rings is 3. The number of hydrogen-bond acceptors (Lipinski definition) is 6. The Morgan fingerprint density at radius 2 is 1.62 bits per heavy atom. The van der Waals surface area contributed by atoms with Crippen LogP contribution in [0.3, 0.4) is 0 Å². The van der Waals surface area contributed by atoms with E-state index in [2.05, 4.69) is 32.2 Å². The Balaban J connectivity index is 1.31. The van der Waals surface area contributed by atoms with Gasteiger partial charge in [0.2, 0.25) is 5.91 Å². The van der Waals surface area contributed by atoms with Gasteiger partial charge in [0, 0.05) is 5.56 Å². The number of rotatable bonds is 8. The fraction of sp³-hybridized carbons (Fsp3) is 0.276. The molecule has 1 amide bonds. The zero-order valence-electron chi connectivity index (χ0n) is 20.9. The summed E-state index contributed by atoms with van der Waals surface area (Å²) in [6.07, 6.45) is -0.301. The van der Waals surface area contributed by atoms with Crippen molar-refractivity contribution in [1.29, 1.82) is 0 Å². The van der Waals surface area contributed by atoms with Gasteiger partial charge in [-0.25, -0.2) is 0 Å².